The minimum Gasteiger partial charge on any atom is -0.356 e. The van der Waals surface area contributed by atoms with E-state index in [9.17, 15) is 4.79 Å². The molecule has 1 atom stereocenters. The zero-order valence-electron chi connectivity index (χ0n) is 9.26. The fourth-order valence-corrected chi connectivity index (χ4v) is 1.10. The first kappa shape index (κ1) is 12.4. The molecule has 0 rings (SSSR count). The standard InChI is InChI=1S/C10H21NO2/c1-7(2)6-10(12)11-9(5)13-8(3)4/h7-9H,6H2,1-5H3,(H,11,12). The van der Waals surface area contributed by atoms with Crippen molar-refractivity contribution in [3.63, 3.8) is 0 Å². The van der Waals surface area contributed by atoms with Crippen LogP contribution in [0.3, 0.4) is 0 Å². The summed E-state index contributed by atoms with van der Waals surface area (Å²) in [5.41, 5.74) is 0. The quantitative estimate of drug-likeness (QED) is 0.668. The van der Waals surface area contributed by atoms with Crippen LogP contribution in [0, 0.1) is 5.92 Å². The molecule has 0 spiro atoms. The van der Waals surface area contributed by atoms with Crippen LogP contribution in [0.1, 0.15) is 41.0 Å². The van der Waals surface area contributed by atoms with E-state index in [0.717, 1.165) is 0 Å². The number of rotatable bonds is 5. The molecule has 0 bridgehead atoms. The first-order valence-electron chi connectivity index (χ1n) is 4.86. The summed E-state index contributed by atoms with van der Waals surface area (Å²) in [5, 5.41) is 2.78. The van der Waals surface area contributed by atoms with Crippen LogP contribution in [0.2, 0.25) is 0 Å². The molecule has 0 saturated carbocycles. The van der Waals surface area contributed by atoms with Crippen LogP contribution in [0.25, 0.3) is 0 Å². The Morgan fingerprint density at radius 3 is 2.15 bits per heavy atom. The lowest BCUT2D eigenvalue weighted by Crippen LogP contribution is -2.36. The smallest absolute Gasteiger partial charge is 0.222 e. The second kappa shape index (κ2) is 5.97. The Kier molecular flexibility index (Phi) is 5.71. The van der Waals surface area contributed by atoms with Crippen molar-refractivity contribution in [2.75, 3.05) is 0 Å². The molecule has 13 heavy (non-hydrogen) atoms. The first-order chi connectivity index (χ1) is 5.91. The van der Waals surface area contributed by atoms with Gasteiger partial charge in [0.25, 0.3) is 0 Å². The fraction of sp³-hybridized carbons (Fsp3) is 0.900. The molecule has 3 nitrogen and oxygen atoms in total. The van der Waals surface area contributed by atoms with Gasteiger partial charge in [-0.25, -0.2) is 0 Å². The predicted octanol–water partition coefficient (Wildman–Crippen LogP) is 1.92. The molecule has 0 aliphatic carbocycles. The summed E-state index contributed by atoms with van der Waals surface area (Å²) in [5.74, 6) is 0.453. The van der Waals surface area contributed by atoms with Crippen molar-refractivity contribution in [3.05, 3.63) is 0 Å². The molecule has 78 valence electrons. The van der Waals surface area contributed by atoms with Crippen LogP contribution in [0.5, 0.6) is 0 Å². The van der Waals surface area contributed by atoms with Gasteiger partial charge in [-0.15, -0.1) is 0 Å². The van der Waals surface area contributed by atoms with Crippen molar-refractivity contribution >= 4 is 5.91 Å². The molecule has 0 aliphatic heterocycles. The van der Waals surface area contributed by atoms with Crippen molar-refractivity contribution in [2.45, 2.75) is 53.4 Å². The van der Waals surface area contributed by atoms with Crippen LogP contribution in [-0.4, -0.2) is 18.2 Å². The van der Waals surface area contributed by atoms with E-state index in [1.54, 1.807) is 0 Å². The number of ether oxygens (including phenoxy) is 1. The number of amides is 1. The highest BCUT2D eigenvalue weighted by molar-refractivity contribution is 5.76. The maximum atomic E-state index is 11.3. The third kappa shape index (κ3) is 7.78. The van der Waals surface area contributed by atoms with Crippen molar-refractivity contribution in [3.8, 4) is 0 Å². The molecule has 1 unspecified atom stereocenters. The summed E-state index contributed by atoms with van der Waals surface area (Å²) in [6.07, 6.45) is 0.520. The van der Waals surface area contributed by atoms with E-state index in [1.807, 2.05) is 34.6 Å². The number of hydrogen-bond acceptors (Lipinski definition) is 2. The fourth-order valence-electron chi connectivity index (χ4n) is 1.10. The van der Waals surface area contributed by atoms with E-state index in [0.29, 0.717) is 12.3 Å². The summed E-state index contributed by atoms with van der Waals surface area (Å²) in [4.78, 5) is 11.3. The van der Waals surface area contributed by atoms with E-state index in [2.05, 4.69) is 5.32 Å². The van der Waals surface area contributed by atoms with E-state index >= 15 is 0 Å². The lowest BCUT2D eigenvalue weighted by Gasteiger charge is -2.17. The first-order valence-corrected chi connectivity index (χ1v) is 4.86. The minimum absolute atomic E-state index is 0.0585. The van der Waals surface area contributed by atoms with Gasteiger partial charge in [0.1, 0.15) is 6.23 Å². The van der Waals surface area contributed by atoms with Crippen LogP contribution < -0.4 is 5.32 Å². The molecule has 3 heteroatoms. The highest BCUT2D eigenvalue weighted by Gasteiger charge is 2.09. The van der Waals surface area contributed by atoms with E-state index in [-0.39, 0.29) is 18.2 Å². The Labute approximate surface area is 80.8 Å². The monoisotopic (exact) mass is 187 g/mol. The number of nitrogens with one attached hydrogen (secondary N) is 1. The molecular formula is C10H21NO2. The molecule has 0 heterocycles. The van der Waals surface area contributed by atoms with Crippen LogP contribution in [-0.2, 0) is 9.53 Å². The van der Waals surface area contributed by atoms with Gasteiger partial charge in [-0.1, -0.05) is 13.8 Å². The maximum absolute atomic E-state index is 11.3. The summed E-state index contributed by atoms with van der Waals surface area (Å²) in [6.45, 7) is 9.79. The molecule has 0 aromatic carbocycles. The van der Waals surface area contributed by atoms with Gasteiger partial charge < -0.3 is 10.1 Å². The SMILES string of the molecule is CC(C)CC(=O)NC(C)OC(C)C. The van der Waals surface area contributed by atoms with E-state index in [1.165, 1.54) is 0 Å². The molecular weight excluding hydrogens is 166 g/mol. The summed E-state index contributed by atoms with van der Waals surface area (Å²) in [7, 11) is 0. The van der Waals surface area contributed by atoms with E-state index in [4.69, 9.17) is 4.74 Å². The second-order valence-corrected chi connectivity index (χ2v) is 3.99. The number of carbonyl (C=O) groups excluding carboxylic acids is 1. The van der Waals surface area contributed by atoms with Gasteiger partial charge in [0.15, 0.2) is 0 Å². The van der Waals surface area contributed by atoms with Crippen LogP contribution in [0.15, 0.2) is 0 Å². The zero-order valence-corrected chi connectivity index (χ0v) is 9.26. The van der Waals surface area contributed by atoms with E-state index < -0.39 is 0 Å². The normalized spacial score (nSPS) is 13.5. The molecule has 0 aliphatic rings. The average molecular weight is 187 g/mol. The minimum atomic E-state index is -0.189. The van der Waals surface area contributed by atoms with Gasteiger partial charge >= 0.3 is 0 Å². The van der Waals surface area contributed by atoms with Crippen LogP contribution >= 0.6 is 0 Å². The number of carbonyl (C=O) groups is 1. The molecule has 1 amide bonds. The summed E-state index contributed by atoms with van der Waals surface area (Å²) in [6, 6.07) is 0. The van der Waals surface area contributed by atoms with Crippen molar-refractivity contribution in [2.24, 2.45) is 5.92 Å². The second-order valence-electron chi connectivity index (χ2n) is 3.99. The topological polar surface area (TPSA) is 38.3 Å². The zero-order chi connectivity index (χ0) is 10.4. The molecule has 0 radical (unpaired) electrons. The van der Waals surface area contributed by atoms with Gasteiger partial charge in [0, 0.05) is 6.42 Å². The Hall–Kier alpha value is -0.570. The molecule has 0 saturated heterocycles. The van der Waals surface area contributed by atoms with Gasteiger partial charge in [-0.05, 0) is 26.7 Å². The van der Waals surface area contributed by atoms with Crippen molar-refractivity contribution in [1.82, 2.24) is 5.32 Å². The number of hydrogen-bond donors (Lipinski definition) is 1. The Morgan fingerprint density at radius 1 is 1.23 bits per heavy atom. The highest BCUT2D eigenvalue weighted by Crippen LogP contribution is 2.00. The third-order valence-corrected chi connectivity index (χ3v) is 1.43. The molecule has 1 N–H and O–H groups in total. The molecule has 0 fully saturated rings. The van der Waals surface area contributed by atoms with Crippen LogP contribution in [0.4, 0.5) is 0 Å². The lowest BCUT2D eigenvalue weighted by atomic mass is 10.1. The lowest BCUT2D eigenvalue weighted by molar-refractivity contribution is -0.126. The van der Waals surface area contributed by atoms with Gasteiger partial charge in [-0.3, -0.25) is 4.79 Å². The highest BCUT2D eigenvalue weighted by atomic mass is 16.5. The molecule has 0 aromatic rings. The Morgan fingerprint density at radius 2 is 1.77 bits per heavy atom. The Bertz CT molecular complexity index is 155. The third-order valence-electron chi connectivity index (χ3n) is 1.43. The van der Waals surface area contributed by atoms with Gasteiger partial charge in [0.2, 0.25) is 5.91 Å². The van der Waals surface area contributed by atoms with Gasteiger partial charge in [-0.2, -0.15) is 0 Å². The predicted molar refractivity (Wildman–Crippen MR) is 53.3 cm³/mol. The van der Waals surface area contributed by atoms with Crippen molar-refractivity contribution in [1.29, 1.82) is 0 Å². The maximum Gasteiger partial charge on any atom is 0.222 e. The largest absolute Gasteiger partial charge is 0.356 e. The summed E-state index contributed by atoms with van der Waals surface area (Å²) >= 11 is 0. The average Bonchev–Trinajstić information content (AvgIpc) is 1.80. The summed E-state index contributed by atoms with van der Waals surface area (Å²) < 4.78 is 5.37. The Balaban J connectivity index is 3.65. The molecule has 0 aromatic heterocycles. The van der Waals surface area contributed by atoms with Gasteiger partial charge in [0.05, 0.1) is 6.10 Å². The van der Waals surface area contributed by atoms with Crippen molar-refractivity contribution < 1.29 is 9.53 Å².